The summed E-state index contributed by atoms with van der Waals surface area (Å²) in [4.78, 5) is 25.1. The summed E-state index contributed by atoms with van der Waals surface area (Å²) in [6.45, 7) is 1.86. The molecule has 0 saturated carbocycles. The number of para-hydroxylation sites is 2. The third-order valence-electron chi connectivity index (χ3n) is 2.79. The number of hydrogen-bond acceptors (Lipinski definition) is 2. The van der Waals surface area contributed by atoms with E-state index in [0.29, 0.717) is 12.1 Å². The van der Waals surface area contributed by atoms with Gasteiger partial charge >= 0.3 is 6.03 Å². The Bertz CT molecular complexity index is 459. The molecule has 0 saturated heterocycles. The predicted octanol–water partition coefficient (Wildman–Crippen LogP) is 1.56. The van der Waals surface area contributed by atoms with Crippen LogP contribution < -0.4 is 15.5 Å². The third-order valence-corrected chi connectivity index (χ3v) is 2.79. The molecule has 90 valence electrons. The smallest absolute Gasteiger partial charge is 0.321 e. The first kappa shape index (κ1) is 11.4. The van der Waals surface area contributed by atoms with Crippen LogP contribution >= 0.6 is 0 Å². The number of benzene rings is 1. The molecular formula is C12H15N3O2. The number of fused-ring (bicyclic) bond motifs is 1. The van der Waals surface area contributed by atoms with Gasteiger partial charge in [0.05, 0.1) is 11.4 Å². The summed E-state index contributed by atoms with van der Waals surface area (Å²) < 4.78 is 0. The summed E-state index contributed by atoms with van der Waals surface area (Å²) in [5.74, 6) is -0.0728. The molecule has 1 heterocycles. The Morgan fingerprint density at radius 2 is 2.18 bits per heavy atom. The second kappa shape index (κ2) is 4.45. The summed E-state index contributed by atoms with van der Waals surface area (Å²) in [5, 5.41) is 5.40. The Kier molecular flexibility index (Phi) is 2.99. The van der Waals surface area contributed by atoms with Crippen LogP contribution in [0.1, 0.15) is 13.3 Å². The molecule has 0 aliphatic carbocycles. The molecule has 0 bridgehead atoms. The van der Waals surface area contributed by atoms with Gasteiger partial charge in [-0.3, -0.25) is 9.69 Å². The number of anilines is 2. The van der Waals surface area contributed by atoms with Crippen LogP contribution in [0.25, 0.3) is 0 Å². The maximum Gasteiger partial charge on any atom is 0.321 e. The van der Waals surface area contributed by atoms with Crippen LogP contribution in [-0.4, -0.2) is 25.0 Å². The highest BCUT2D eigenvalue weighted by Crippen LogP contribution is 2.30. The Balaban J connectivity index is 2.49. The SMILES string of the molecule is CNC(=O)N1c2ccccc2NC(=O)C[C@H]1C. The maximum absolute atomic E-state index is 11.9. The Morgan fingerprint density at radius 3 is 2.88 bits per heavy atom. The molecule has 1 aromatic carbocycles. The van der Waals surface area contributed by atoms with Crippen molar-refractivity contribution in [1.82, 2.24) is 5.32 Å². The molecule has 5 heteroatoms. The molecule has 2 rings (SSSR count). The van der Waals surface area contributed by atoms with Crippen molar-refractivity contribution >= 4 is 23.3 Å². The topological polar surface area (TPSA) is 61.4 Å². The van der Waals surface area contributed by atoms with E-state index in [9.17, 15) is 9.59 Å². The highest BCUT2D eigenvalue weighted by Gasteiger charge is 2.28. The molecule has 0 radical (unpaired) electrons. The van der Waals surface area contributed by atoms with Gasteiger partial charge in [0.1, 0.15) is 0 Å². The second-order valence-corrected chi connectivity index (χ2v) is 4.04. The van der Waals surface area contributed by atoms with E-state index in [-0.39, 0.29) is 18.0 Å². The van der Waals surface area contributed by atoms with Crippen LogP contribution in [0.15, 0.2) is 24.3 Å². The minimum absolute atomic E-state index is 0.0728. The van der Waals surface area contributed by atoms with Crippen LogP contribution in [0.3, 0.4) is 0 Å². The van der Waals surface area contributed by atoms with Crippen molar-refractivity contribution in [2.24, 2.45) is 0 Å². The molecular weight excluding hydrogens is 218 g/mol. The van der Waals surface area contributed by atoms with Gasteiger partial charge < -0.3 is 10.6 Å². The fraction of sp³-hybridized carbons (Fsp3) is 0.333. The van der Waals surface area contributed by atoms with E-state index in [4.69, 9.17) is 0 Å². The van der Waals surface area contributed by atoms with Crippen LogP contribution in [0, 0.1) is 0 Å². The minimum Gasteiger partial charge on any atom is -0.341 e. The maximum atomic E-state index is 11.9. The Morgan fingerprint density at radius 1 is 1.47 bits per heavy atom. The largest absolute Gasteiger partial charge is 0.341 e. The molecule has 2 N–H and O–H groups in total. The standard InChI is InChI=1S/C12H15N3O2/c1-8-7-11(16)14-9-5-3-4-6-10(9)15(8)12(17)13-2/h3-6,8H,7H2,1-2H3,(H,13,17)(H,14,16)/t8-/m1/s1. The average Bonchev–Trinajstić information content (AvgIpc) is 2.42. The van der Waals surface area contributed by atoms with Gasteiger partial charge in [-0.25, -0.2) is 4.79 Å². The van der Waals surface area contributed by atoms with Crippen molar-refractivity contribution in [3.63, 3.8) is 0 Å². The second-order valence-electron chi connectivity index (χ2n) is 4.04. The number of rotatable bonds is 0. The van der Waals surface area contributed by atoms with E-state index in [1.54, 1.807) is 18.0 Å². The van der Waals surface area contributed by atoms with Crippen LogP contribution in [0.4, 0.5) is 16.2 Å². The number of nitrogens with one attached hydrogen (secondary N) is 2. The lowest BCUT2D eigenvalue weighted by Gasteiger charge is -2.27. The van der Waals surface area contributed by atoms with Crippen molar-refractivity contribution in [2.75, 3.05) is 17.3 Å². The van der Waals surface area contributed by atoms with Gasteiger partial charge in [-0.1, -0.05) is 12.1 Å². The van der Waals surface area contributed by atoms with Gasteiger partial charge in [0, 0.05) is 19.5 Å². The lowest BCUT2D eigenvalue weighted by Crippen LogP contribution is -2.44. The van der Waals surface area contributed by atoms with E-state index >= 15 is 0 Å². The zero-order valence-electron chi connectivity index (χ0n) is 9.86. The van der Waals surface area contributed by atoms with Crippen molar-refractivity contribution in [2.45, 2.75) is 19.4 Å². The zero-order chi connectivity index (χ0) is 12.4. The van der Waals surface area contributed by atoms with E-state index in [1.165, 1.54) is 0 Å². The lowest BCUT2D eigenvalue weighted by atomic mass is 10.2. The van der Waals surface area contributed by atoms with E-state index in [2.05, 4.69) is 10.6 Å². The number of carbonyl (C=O) groups is 2. The van der Waals surface area contributed by atoms with E-state index in [1.807, 2.05) is 25.1 Å². The summed E-state index contributed by atoms with van der Waals surface area (Å²) in [6, 6.07) is 6.92. The first-order valence-corrected chi connectivity index (χ1v) is 5.53. The normalized spacial score (nSPS) is 19.1. The van der Waals surface area contributed by atoms with Crippen LogP contribution in [-0.2, 0) is 4.79 Å². The minimum atomic E-state index is -0.207. The third kappa shape index (κ3) is 2.08. The number of urea groups is 1. The Hall–Kier alpha value is -2.04. The molecule has 0 unspecified atom stereocenters. The molecule has 17 heavy (non-hydrogen) atoms. The van der Waals surface area contributed by atoms with E-state index < -0.39 is 0 Å². The summed E-state index contributed by atoms with van der Waals surface area (Å²) >= 11 is 0. The Labute approximate surface area is 99.8 Å². The predicted molar refractivity (Wildman–Crippen MR) is 66.1 cm³/mol. The summed E-state index contributed by atoms with van der Waals surface area (Å²) in [5.41, 5.74) is 1.40. The van der Waals surface area contributed by atoms with Crippen molar-refractivity contribution < 1.29 is 9.59 Å². The fourth-order valence-corrected chi connectivity index (χ4v) is 2.02. The molecule has 0 aromatic heterocycles. The lowest BCUT2D eigenvalue weighted by molar-refractivity contribution is -0.116. The van der Waals surface area contributed by atoms with Gasteiger partial charge in [-0.15, -0.1) is 0 Å². The fourth-order valence-electron chi connectivity index (χ4n) is 2.02. The summed E-state index contributed by atoms with van der Waals surface area (Å²) in [7, 11) is 1.58. The molecule has 1 aliphatic heterocycles. The number of carbonyl (C=O) groups excluding carboxylic acids is 2. The molecule has 1 atom stereocenters. The highest BCUT2D eigenvalue weighted by atomic mass is 16.2. The number of hydrogen-bond donors (Lipinski definition) is 2. The van der Waals surface area contributed by atoms with Gasteiger partial charge in [0.25, 0.3) is 0 Å². The number of nitrogens with zero attached hydrogens (tertiary/aromatic N) is 1. The highest BCUT2D eigenvalue weighted by molar-refractivity contribution is 6.03. The summed E-state index contributed by atoms with van der Waals surface area (Å²) in [6.07, 6.45) is 0.294. The first-order chi connectivity index (χ1) is 8.13. The van der Waals surface area contributed by atoms with Crippen molar-refractivity contribution in [3.8, 4) is 0 Å². The van der Waals surface area contributed by atoms with Gasteiger partial charge in [-0.2, -0.15) is 0 Å². The van der Waals surface area contributed by atoms with Crippen LogP contribution in [0.2, 0.25) is 0 Å². The molecule has 1 aromatic rings. The average molecular weight is 233 g/mol. The van der Waals surface area contributed by atoms with E-state index in [0.717, 1.165) is 5.69 Å². The first-order valence-electron chi connectivity index (χ1n) is 5.53. The van der Waals surface area contributed by atoms with Crippen molar-refractivity contribution in [1.29, 1.82) is 0 Å². The number of amides is 3. The monoisotopic (exact) mass is 233 g/mol. The van der Waals surface area contributed by atoms with Crippen molar-refractivity contribution in [3.05, 3.63) is 24.3 Å². The quantitative estimate of drug-likeness (QED) is 0.714. The molecule has 0 fully saturated rings. The molecule has 5 nitrogen and oxygen atoms in total. The molecule has 0 spiro atoms. The van der Waals surface area contributed by atoms with Gasteiger partial charge in [-0.05, 0) is 19.1 Å². The van der Waals surface area contributed by atoms with Gasteiger partial charge in [0.2, 0.25) is 5.91 Å². The molecule has 1 aliphatic rings. The molecule has 3 amide bonds. The zero-order valence-corrected chi connectivity index (χ0v) is 9.86. The van der Waals surface area contributed by atoms with Gasteiger partial charge in [0.15, 0.2) is 0 Å². The van der Waals surface area contributed by atoms with Crippen LogP contribution in [0.5, 0.6) is 0 Å².